The second-order valence-corrected chi connectivity index (χ2v) is 15.3. The number of fused-ring (bicyclic) bond motifs is 1. The average Bonchev–Trinajstić information content (AvgIpc) is 3.65. The molecular weight excluding hydrogens is 607 g/mol. The highest BCUT2D eigenvalue weighted by Crippen LogP contribution is 2.31. The second-order valence-electron chi connectivity index (χ2n) is 12.6. The topological polar surface area (TPSA) is 122 Å². The lowest BCUT2D eigenvalue weighted by Gasteiger charge is -2.31. The van der Waals surface area contributed by atoms with Gasteiger partial charge in [-0.15, -0.1) is 0 Å². The number of hydrogen-bond acceptors (Lipinski definition) is 7. The number of carbonyl (C=O) groups excluding carboxylic acids is 1. The molecule has 1 saturated heterocycles. The van der Waals surface area contributed by atoms with Gasteiger partial charge in [-0.2, -0.15) is 13.8 Å². The molecule has 6 rings (SSSR count). The zero-order chi connectivity index (χ0) is 31.8. The van der Waals surface area contributed by atoms with Crippen LogP contribution in [0.2, 0.25) is 0 Å². The van der Waals surface area contributed by atoms with Crippen LogP contribution in [-0.2, 0) is 21.9 Å². The Morgan fingerprint density at radius 3 is 2.51 bits per heavy atom. The van der Waals surface area contributed by atoms with Crippen molar-refractivity contribution in [3.8, 4) is 5.69 Å². The van der Waals surface area contributed by atoms with Gasteiger partial charge in [-0.25, -0.2) is 22.9 Å². The van der Waals surface area contributed by atoms with Gasteiger partial charge in [0.25, 0.3) is 10.0 Å². The number of aromatic nitrogens is 4. The fourth-order valence-electron chi connectivity index (χ4n) is 5.56. The van der Waals surface area contributed by atoms with Crippen molar-refractivity contribution in [3.05, 3.63) is 89.9 Å². The van der Waals surface area contributed by atoms with Crippen molar-refractivity contribution in [2.75, 3.05) is 23.7 Å². The molecule has 45 heavy (non-hydrogen) atoms. The third-order valence-electron chi connectivity index (χ3n) is 8.11. The molecule has 3 aromatic heterocycles. The summed E-state index contributed by atoms with van der Waals surface area (Å²) in [5.74, 6) is 0.910. The number of benzene rings is 2. The number of nitrogens with zero attached hydrogens (tertiary/aromatic N) is 5. The summed E-state index contributed by atoms with van der Waals surface area (Å²) in [5.41, 5.74) is 4.46. The van der Waals surface area contributed by atoms with E-state index in [4.69, 9.17) is 5.10 Å². The van der Waals surface area contributed by atoms with Gasteiger partial charge in [0.2, 0.25) is 0 Å². The van der Waals surface area contributed by atoms with Crippen molar-refractivity contribution in [2.24, 2.45) is 5.92 Å². The fraction of sp³-hybridized carbons (Fsp3) is 0.333. The van der Waals surface area contributed by atoms with Crippen LogP contribution in [0.15, 0.2) is 78.1 Å². The molecule has 12 heteroatoms. The van der Waals surface area contributed by atoms with E-state index in [2.05, 4.69) is 40.8 Å². The minimum absolute atomic E-state index is 0.0841. The zero-order valence-electron chi connectivity index (χ0n) is 25.8. The summed E-state index contributed by atoms with van der Waals surface area (Å²) in [4.78, 5) is 17.4. The van der Waals surface area contributed by atoms with E-state index in [1.54, 1.807) is 16.9 Å². The molecule has 0 radical (unpaired) electrons. The maximum atomic E-state index is 13.4. The molecule has 2 amide bonds. The summed E-state index contributed by atoms with van der Waals surface area (Å²) in [7, 11) is -3.70. The largest absolute Gasteiger partial charge is 0.324 e. The third-order valence-corrected chi connectivity index (χ3v) is 10.7. The first-order valence-electron chi connectivity index (χ1n) is 15.0. The second kappa shape index (κ2) is 12.3. The zero-order valence-corrected chi connectivity index (χ0v) is 27.5. The van der Waals surface area contributed by atoms with Crippen LogP contribution in [0.1, 0.15) is 50.4 Å². The average molecular weight is 644 g/mol. The summed E-state index contributed by atoms with van der Waals surface area (Å²) < 4.78 is 35.0. The highest BCUT2D eigenvalue weighted by atomic mass is 32.2. The van der Waals surface area contributed by atoms with Gasteiger partial charge in [0.15, 0.2) is 5.03 Å². The number of nitrogens with one attached hydrogen (secondary N) is 2. The maximum absolute atomic E-state index is 13.4. The summed E-state index contributed by atoms with van der Waals surface area (Å²) in [6, 6.07) is 19.2. The van der Waals surface area contributed by atoms with Gasteiger partial charge >= 0.3 is 6.03 Å². The van der Waals surface area contributed by atoms with E-state index >= 15 is 0 Å². The maximum Gasteiger partial charge on any atom is 0.324 e. The van der Waals surface area contributed by atoms with Crippen molar-refractivity contribution < 1.29 is 13.2 Å². The van der Waals surface area contributed by atoms with Crippen LogP contribution >= 0.6 is 11.5 Å². The number of pyridine rings is 1. The minimum atomic E-state index is -3.70. The molecule has 1 fully saturated rings. The summed E-state index contributed by atoms with van der Waals surface area (Å²) in [6.07, 6.45) is 5.39. The standard InChI is InChI=1S/C33H37N7O3S2/c1-22-8-10-26(11-9-22)40-30(20-29(38-40)33(2,3)4)37-32(41)36-25-7-5-6-24(19-25)18-23-13-16-39(17-14-23)45(42,43)31-27-21-35-44-28(27)12-15-34-31/h5-12,15,19-21,23H,13-14,16-18H2,1-4H3,(H2,36,37,41). The molecule has 0 spiro atoms. The van der Waals surface area contributed by atoms with Gasteiger partial charge < -0.3 is 5.32 Å². The molecule has 0 aliphatic carbocycles. The van der Waals surface area contributed by atoms with Crippen molar-refractivity contribution in [3.63, 3.8) is 0 Å². The summed E-state index contributed by atoms with van der Waals surface area (Å²) in [5, 5.41) is 11.4. The molecule has 2 N–H and O–H groups in total. The molecule has 0 bridgehead atoms. The highest BCUT2D eigenvalue weighted by molar-refractivity contribution is 7.89. The van der Waals surface area contributed by atoms with Gasteiger partial charge in [-0.05, 0) is 79.5 Å². The molecule has 10 nitrogen and oxygen atoms in total. The Hall–Kier alpha value is -4.13. The van der Waals surface area contributed by atoms with Crippen LogP contribution in [0.5, 0.6) is 0 Å². The molecule has 0 unspecified atom stereocenters. The molecule has 1 aliphatic heterocycles. The Kier molecular flexibility index (Phi) is 8.47. The van der Waals surface area contributed by atoms with E-state index in [1.165, 1.54) is 22.0 Å². The number of rotatable bonds is 7. The number of sulfonamides is 1. The van der Waals surface area contributed by atoms with Gasteiger partial charge in [-0.3, -0.25) is 5.32 Å². The van der Waals surface area contributed by atoms with E-state index < -0.39 is 10.0 Å². The Bertz CT molecular complexity index is 1930. The monoisotopic (exact) mass is 643 g/mol. The normalized spacial score (nSPS) is 14.9. The van der Waals surface area contributed by atoms with E-state index in [9.17, 15) is 13.2 Å². The van der Waals surface area contributed by atoms with E-state index in [0.717, 1.165) is 46.5 Å². The molecule has 4 heterocycles. The quantitative estimate of drug-likeness (QED) is 0.202. The number of aryl methyl sites for hydroxylation is 1. The summed E-state index contributed by atoms with van der Waals surface area (Å²) >= 11 is 1.27. The minimum Gasteiger partial charge on any atom is -0.308 e. The van der Waals surface area contributed by atoms with Crippen molar-refractivity contribution in [1.82, 2.24) is 23.4 Å². The lowest BCUT2D eigenvalue weighted by atomic mass is 9.91. The van der Waals surface area contributed by atoms with E-state index in [0.29, 0.717) is 35.9 Å². The molecule has 1 aliphatic rings. The number of piperidine rings is 1. The molecule has 234 valence electrons. The number of carbonyl (C=O) groups is 1. The third kappa shape index (κ3) is 6.77. The Morgan fingerprint density at radius 2 is 1.78 bits per heavy atom. The van der Waals surface area contributed by atoms with E-state index in [1.807, 2.05) is 61.5 Å². The highest BCUT2D eigenvalue weighted by Gasteiger charge is 2.32. The number of amides is 2. The lowest BCUT2D eigenvalue weighted by molar-refractivity contribution is 0.262. The predicted molar refractivity (Wildman–Crippen MR) is 179 cm³/mol. The van der Waals surface area contributed by atoms with Crippen LogP contribution in [-0.4, -0.2) is 51.0 Å². The Morgan fingerprint density at radius 1 is 1.02 bits per heavy atom. The smallest absolute Gasteiger partial charge is 0.308 e. The number of hydrogen-bond donors (Lipinski definition) is 2. The first kappa shape index (κ1) is 30.9. The van der Waals surface area contributed by atoms with Crippen LogP contribution in [0.3, 0.4) is 0 Å². The van der Waals surface area contributed by atoms with Crippen LogP contribution in [0, 0.1) is 12.8 Å². The van der Waals surface area contributed by atoms with Crippen molar-refractivity contribution in [1.29, 1.82) is 0 Å². The fourth-order valence-corrected chi connectivity index (χ4v) is 7.84. The van der Waals surface area contributed by atoms with Gasteiger partial charge in [0.05, 0.1) is 27.7 Å². The first-order valence-corrected chi connectivity index (χ1v) is 17.2. The summed E-state index contributed by atoms with van der Waals surface area (Å²) in [6.45, 7) is 9.18. The van der Waals surface area contributed by atoms with E-state index in [-0.39, 0.29) is 16.5 Å². The molecule has 0 saturated carbocycles. The predicted octanol–water partition coefficient (Wildman–Crippen LogP) is 6.77. The molecule has 5 aromatic rings. The van der Waals surface area contributed by atoms with Gasteiger partial charge in [0.1, 0.15) is 5.82 Å². The Labute approximate surface area is 267 Å². The first-order chi connectivity index (χ1) is 21.5. The van der Waals surface area contributed by atoms with Crippen molar-refractivity contribution >= 4 is 49.2 Å². The van der Waals surface area contributed by atoms with Crippen molar-refractivity contribution in [2.45, 2.75) is 57.4 Å². The molecular formula is C33H37N7O3S2. The van der Waals surface area contributed by atoms with Gasteiger partial charge in [-0.1, -0.05) is 50.6 Å². The lowest BCUT2D eigenvalue weighted by Crippen LogP contribution is -2.39. The van der Waals surface area contributed by atoms with Crippen LogP contribution in [0.4, 0.5) is 16.3 Å². The SMILES string of the molecule is Cc1ccc(-n2nc(C(C)(C)C)cc2NC(=O)Nc2cccc(CC3CCN(S(=O)(=O)c4nccc5sncc45)CC3)c2)cc1. The number of anilines is 2. The van der Waals surface area contributed by atoms with Crippen LogP contribution < -0.4 is 10.6 Å². The number of urea groups is 1. The molecule has 2 aromatic carbocycles. The molecule has 0 atom stereocenters. The van der Waals surface area contributed by atoms with Gasteiger partial charge in [0, 0.05) is 36.5 Å². The van der Waals surface area contributed by atoms with Crippen LogP contribution in [0.25, 0.3) is 15.8 Å². The Balaban J connectivity index is 1.09.